The number of esters is 1. The van der Waals surface area contributed by atoms with Gasteiger partial charge in [0.1, 0.15) is 0 Å². The fourth-order valence-electron chi connectivity index (χ4n) is 4.01. The number of nitrogens with zero attached hydrogens (tertiary/aromatic N) is 3. The van der Waals surface area contributed by atoms with E-state index in [1.54, 1.807) is 17.7 Å². The summed E-state index contributed by atoms with van der Waals surface area (Å²) >= 11 is 0. The van der Waals surface area contributed by atoms with Crippen molar-refractivity contribution in [2.45, 2.75) is 40.0 Å². The first kappa shape index (κ1) is 21.8. The maximum Gasteiger partial charge on any atom is 0.358 e. The number of carbonyl (C=O) groups is 2. The number of piperidine rings is 1. The first-order valence-corrected chi connectivity index (χ1v) is 11.2. The fraction of sp³-hybridized carbons (Fsp3) is 0.346. The Bertz CT molecular complexity index is 1130. The Morgan fingerprint density at radius 2 is 1.66 bits per heavy atom. The number of ether oxygens (including phenoxy) is 1. The van der Waals surface area contributed by atoms with E-state index in [9.17, 15) is 9.59 Å². The second kappa shape index (κ2) is 9.39. The molecule has 6 nitrogen and oxygen atoms in total. The van der Waals surface area contributed by atoms with Crippen LogP contribution in [0.3, 0.4) is 0 Å². The zero-order chi connectivity index (χ0) is 22.7. The van der Waals surface area contributed by atoms with Crippen molar-refractivity contribution in [3.63, 3.8) is 0 Å². The van der Waals surface area contributed by atoms with Gasteiger partial charge in [0.15, 0.2) is 5.69 Å². The maximum absolute atomic E-state index is 12.8. The highest BCUT2D eigenvalue weighted by molar-refractivity contribution is 5.94. The topological polar surface area (TPSA) is 64.4 Å². The van der Waals surface area contributed by atoms with Gasteiger partial charge in [-0.3, -0.25) is 4.79 Å². The molecule has 3 aromatic rings. The summed E-state index contributed by atoms with van der Waals surface area (Å²) in [5, 5.41) is 4.54. The third kappa shape index (κ3) is 4.44. The van der Waals surface area contributed by atoms with Crippen molar-refractivity contribution >= 4 is 11.9 Å². The molecule has 0 unspecified atom stereocenters. The zero-order valence-electron chi connectivity index (χ0n) is 18.9. The molecule has 1 amide bonds. The standard InChI is InChI=1S/C26H29N3O3/c1-4-32-26(31)23-17-24(21-9-8-18(2)19(3)16-21)29(27-23)22-12-10-20(11-13-22)25(30)28-14-6-5-7-15-28/h8-13,16-17H,4-7,14-15H2,1-3H3. The molecule has 1 saturated heterocycles. The van der Waals surface area contributed by atoms with Crippen molar-refractivity contribution in [3.05, 3.63) is 70.9 Å². The predicted octanol–water partition coefficient (Wildman–Crippen LogP) is 4.96. The Balaban J connectivity index is 1.70. The van der Waals surface area contributed by atoms with Gasteiger partial charge in [-0.1, -0.05) is 12.1 Å². The molecule has 166 valence electrons. The van der Waals surface area contributed by atoms with Gasteiger partial charge in [-0.25, -0.2) is 9.48 Å². The Labute approximate surface area is 188 Å². The molecule has 0 saturated carbocycles. The van der Waals surface area contributed by atoms with Gasteiger partial charge in [-0.2, -0.15) is 5.10 Å². The minimum Gasteiger partial charge on any atom is -0.461 e. The Kier molecular flexibility index (Phi) is 6.40. The Morgan fingerprint density at radius 1 is 0.938 bits per heavy atom. The summed E-state index contributed by atoms with van der Waals surface area (Å²) in [5.41, 5.74) is 5.83. The second-order valence-corrected chi connectivity index (χ2v) is 8.25. The van der Waals surface area contributed by atoms with Crippen molar-refractivity contribution in [1.29, 1.82) is 0 Å². The van der Waals surface area contributed by atoms with Crippen molar-refractivity contribution in [2.24, 2.45) is 0 Å². The third-order valence-electron chi connectivity index (χ3n) is 6.00. The van der Waals surface area contributed by atoms with Gasteiger partial charge in [0.2, 0.25) is 0 Å². The molecular formula is C26H29N3O3. The van der Waals surface area contributed by atoms with Gasteiger partial charge >= 0.3 is 5.97 Å². The lowest BCUT2D eigenvalue weighted by molar-refractivity contribution is 0.0518. The lowest BCUT2D eigenvalue weighted by atomic mass is 10.0. The van der Waals surface area contributed by atoms with Crippen LogP contribution in [0.1, 0.15) is 58.2 Å². The SMILES string of the molecule is CCOC(=O)c1cc(-c2ccc(C)c(C)c2)n(-c2ccc(C(=O)N3CCCCC3)cc2)n1. The Hall–Kier alpha value is -3.41. The number of benzene rings is 2. The van der Waals surface area contributed by atoms with Crippen LogP contribution in [0.4, 0.5) is 0 Å². The molecule has 0 aliphatic carbocycles. The molecule has 2 heterocycles. The van der Waals surface area contributed by atoms with Crippen LogP contribution in [0.2, 0.25) is 0 Å². The van der Waals surface area contributed by atoms with Crippen LogP contribution in [0.15, 0.2) is 48.5 Å². The molecule has 0 bridgehead atoms. The molecule has 1 aliphatic rings. The summed E-state index contributed by atoms with van der Waals surface area (Å²) in [6.07, 6.45) is 3.31. The lowest BCUT2D eigenvalue weighted by Crippen LogP contribution is -2.35. The van der Waals surface area contributed by atoms with Crippen LogP contribution < -0.4 is 0 Å². The molecule has 6 heteroatoms. The van der Waals surface area contributed by atoms with Crippen LogP contribution in [0, 0.1) is 13.8 Å². The zero-order valence-corrected chi connectivity index (χ0v) is 18.9. The molecule has 2 aromatic carbocycles. The normalized spacial score (nSPS) is 13.8. The van der Waals surface area contributed by atoms with E-state index in [0.717, 1.165) is 48.4 Å². The average molecular weight is 432 g/mol. The first-order chi connectivity index (χ1) is 15.5. The minimum absolute atomic E-state index is 0.0679. The maximum atomic E-state index is 12.8. The van der Waals surface area contributed by atoms with Crippen molar-refractivity contribution in [3.8, 4) is 16.9 Å². The molecule has 32 heavy (non-hydrogen) atoms. The minimum atomic E-state index is -0.451. The van der Waals surface area contributed by atoms with E-state index in [1.807, 2.05) is 35.2 Å². The third-order valence-corrected chi connectivity index (χ3v) is 6.00. The van der Waals surface area contributed by atoms with Crippen LogP contribution >= 0.6 is 0 Å². The van der Waals surface area contributed by atoms with Gasteiger partial charge in [0.05, 0.1) is 18.0 Å². The Morgan fingerprint density at radius 3 is 2.31 bits per heavy atom. The molecule has 0 N–H and O–H groups in total. The number of hydrogen-bond donors (Lipinski definition) is 0. The van der Waals surface area contributed by atoms with E-state index >= 15 is 0 Å². The van der Waals surface area contributed by atoms with Crippen molar-refractivity contribution < 1.29 is 14.3 Å². The van der Waals surface area contributed by atoms with Gasteiger partial charge < -0.3 is 9.64 Å². The molecule has 1 aliphatic heterocycles. The fourth-order valence-corrected chi connectivity index (χ4v) is 4.01. The van der Waals surface area contributed by atoms with Crippen LogP contribution in [0.25, 0.3) is 16.9 Å². The summed E-state index contributed by atoms with van der Waals surface area (Å²) in [7, 11) is 0. The van der Waals surface area contributed by atoms with E-state index in [4.69, 9.17) is 4.74 Å². The molecule has 4 rings (SSSR count). The van der Waals surface area contributed by atoms with Gasteiger partial charge in [-0.05, 0) is 87.6 Å². The number of amides is 1. The first-order valence-electron chi connectivity index (χ1n) is 11.2. The van der Waals surface area contributed by atoms with E-state index in [1.165, 1.54) is 12.0 Å². The lowest BCUT2D eigenvalue weighted by Gasteiger charge is -2.26. The summed E-state index contributed by atoms with van der Waals surface area (Å²) < 4.78 is 6.91. The van der Waals surface area contributed by atoms with Gasteiger partial charge in [-0.15, -0.1) is 0 Å². The summed E-state index contributed by atoms with van der Waals surface area (Å²) in [4.78, 5) is 27.1. The number of hydrogen-bond acceptors (Lipinski definition) is 4. The average Bonchev–Trinajstić information content (AvgIpc) is 3.27. The molecule has 1 fully saturated rings. The van der Waals surface area contributed by atoms with Crippen LogP contribution in [-0.4, -0.2) is 46.3 Å². The number of aryl methyl sites for hydroxylation is 2. The van der Waals surface area contributed by atoms with E-state index in [2.05, 4.69) is 31.1 Å². The molecule has 0 atom stereocenters. The monoisotopic (exact) mass is 431 g/mol. The molecule has 0 radical (unpaired) electrons. The van der Waals surface area contributed by atoms with Crippen LogP contribution in [0.5, 0.6) is 0 Å². The molecule has 0 spiro atoms. The predicted molar refractivity (Wildman–Crippen MR) is 124 cm³/mol. The second-order valence-electron chi connectivity index (χ2n) is 8.25. The highest BCUT2D eigenvalue weighted by Gasteiger charge is 2.20. The largest absolute Gasteiger partial charge is 0.461 e. The van der Waals surface area contributed by atoms with Gasteiger partial charge in [0.25, 0.3) is 5.91 Å². The quantitative estimate of drug-likeness (QED) is 0.536. The number of carbonyl (C=O) groups excluding carboxylic acids is 2. The highest BCUT2D eigenvalue weighted by Crippen LogP contribution is 2.27. The van der Waals surface area contributed by atoms with E-state index in [-0.39, 0.29) is 18.2 Å². The number of likely N-dealkylation sites (tertiary alicyclic amines) is 1. The molecule has 1 aromatic heterocycles. The highest BCUT2D eigenvalue weighted by atomic mass is 16.5. The number of aromatic nitrogens is 2. The summed E-state index contributed by atoms with van der Waals surface area (Å²) in [6, 6.07) is 15.4. The molecular weight excluding hydrogens is 402 g/mol. The van der Waals surface area contributed by atoms with Crippen LogP contribution in [-0.2, 0) is 4.74 Å². The van der Waals surface area contributed by atoms with Gasteiger partial charge in [0, 0.05) is 24.2 Å². The smallest absolute Gasteiger partial charge is 0.358 e. The summed E-state index contributed by atoms with van der Waals surface area (Å²) in [6.45, 7) is 7.83. The summed E-state index contributed by atoms with van der Waals surface area (Å²) in [5.74, 6) is -0.383. The van der Waals surface area contributed by atoms with Crippen molar-refractivity contribution in [1.82, 2.24) is 14.7 Å². The number of rotatable bonds is 5. The van der Waals surface area contributed by atoms with Crippen molar-refractivity contribution in [2.75, 3.05) is 19.7 Å². The van der Waals surface area contributed by atoms with E-state index in [0.29, 0.717) is 5.56 Å². The van der Waals surface area contributed by atoms with E-state index < -0.39 is 5.97 Å².